The third kappa shape index (κ3) is 3.42. The van der Waals surface area contributed by atoms with E-state index in [4.69, 9.17) is 0 Å². The largest absolute Gasteiger partial charge is 0.282 e. The van der Waals surface area contributed by atoms with E-state index in [1.165, 1.54) is 6.07 Å². The van der Waals surface area contributed by atoms with Crippen LogP contribution in [-0.2, 0) is 9.84 Å². The maximum absolute atomic E-state index is 14.4. The highest BCUT2D eigenvalue weighted by molar-refractivity contribution is 7.90. The quantitative estimate of drug-likeness (QED) is 0.754. The Bertz CT molecular complexity index is 903. The molecule has 1 aromatic carbocycles. The van der Waals surface area contributed by atoms with Gasteiger partial charge in [0.05, 0.1) is 0 Å². The van der Waals surface area contributed by atoms with Crippen molar-refractivity contribution in [2.24, 2.45) is 0 Å². The molecule has 1 aliphatic carbocycles. The van der Waals surface area contributed by atoms with Crippen molar-refractivity contribution in [1.82, 2.24) is 9.78 Å². The van der Waals surface area contributed by atoms with Crippen molar-refractivity contribution in [3.05, 3.63) is 41.2 Å². The number of aromatic nitrogens is 2. The molecule has 0 aliphatic heterocycles. The van der Waals surface area contributed by atoms with Crippen LogP contribution in [0.2, 0.25) is 0 Å². The monoisotopic (exact) mass is 376 g/mol. The van der Waals surface area contributed by atoms with Gasteiger partial charge in [0.2, 0.25) is 0 Å². The first kappa shape index (κ1) is 17.9. The average Bonchev–Trinajstić information content (AvgIpc) is 3.16. The molecule has 0 amide bonds. The molecule has 3 rings (SSSR count). The van der Waals surface area contributed by atoms with Gasteiger partial charge in [-0.2, -0.15) is 5.10 Å². The summed E-state index contributed by atoms with van der Waals surface area (Å²) >= 11 is 0. The lowest BCUT2D eigenvalue weighted by molar-refractivity contribution is 0.145. The molecule has 1 heterocycles. The lowest BCUT2D eigenvalue weighted by Gasteiger charge is -2.14. The van der Waals surface area contributed by atoms with Crippen molar-refractivity contribution in [2.45, 2.75) is 42.9 Å². The molecule has 1 aliphatic rings. The van der Waals surface area contributed by atoms with Gasteiger partial charge in [-0.3, -0.25) is 0 Å². The first-order chi connectivity index (χ1) is 11.7. The van der Waals surface area contributed by atoms with Gasteiger partial charge >= 0.3 is 0 Å². The first-order valence-electron chi connectivity index (χ1n) is 7.76. The standard InChI is InChI=1S/C16H16F4N2O2S/c1-25(23,24)15-7-10(17)14(6-11(15)18)22-13(9-4-2-3-5-9)8-12(21-22)16(19)20/h6-9,16H,2-5H2,1H3. The minimum Gasteiger partial charge on any atom is -0.234 e. The van der Waals surface area contributed by atoms with Gasteiger partial charge in [-0.15, -0.1) is 0 Å². The van der Waals surface area contributed by atoms with Gasteiger partial charge in [0.1, 0.15) is 27.9 Å². The van der Waals surface area contributed by atoms with E-state index in [9.17, 15) is 26.0 Å². The topological polar surface area (TPSA) is 52.0 Å². The van der Waals surface area contributed by atoms with Gasteiger partial charge in [-0.1, -0.05) is 12.8 Å². The fraction of sp³-hybridized carbons (Fsp3) is 0.438. The number of sulfone groups is 1. The molecular weight excluding hydrogens is 360 g/mol. The first-order valence-corrected chi connectivity index (χ1v) is 9.65. The Morgan fingerprint density at radius 3 is 2.32 bits per heavy atom. The summed E-state index contributed by atoms with van der Waals surface area (Å²) in [6, 6.07) is 2.46. The average molecular weight is 376 g/mol. The van der Waals surface area contributed by atoms with E-state index in [1.54, 1.807) is 0 Å². The number of benzene rings is 1. The zero-order valence-electron chi connectivity index (χ0n) is 13.3. The second-order valence-corrected chi connectivity index (χ2v) is 8.18. The normalized spacial score (nSPS) is 16.1. The van der Waals surface area contributed by atoms with E-state index in [0.29, 0.717) is 17.8 Å². The third-order valence-corrected chi connectivity index (χ3v) is 5.49. The maximum atomic E-state index is 14.4. The summed E-state index contributed by atoms with van der Waals surface area (Å²) in [5.41, 5.74) is -0.509. The maximum Gasteiger partial charge on any atom is 0.282 e. The molecule has 0 atom stereocenters. The number of nitrogens with zero attached hydrogens (tertiary/aromatic N) is 2. The second kappa shape index (κ2) is 6.44. The minimum atomic E-state index is -3.95. The van der Waals surface area contributed by atoms with Crippen LogP contribution in [0, 0.1) is 11.6 Å². The molecule has 0 saturated heterocycles. The molecule has 0 N–H and O–H groups in total. The van der Waals surface area contributed by atoms with Gasteiger partial charge in [-0.05, 0) is 25.0 Å². The number of alkyl halides is 2. The van der Waals surface area contributed by atoms with Crippen molar-refractivity contribution >= 4 is 9.84 Å². The SMILES string of the molecule is CS(=O)(=O)c1cc(F)c(-n2nc(C(F)F)cc2C2CCCC2)cc1F. The van der Waals surface area contributed by atoms with Crippen LogP contribution in [0.1, 0.15) is 49.4 Å². The molecule has 136 valence electrons. The summed E-state index contributed by atoms with van der Waals surface area (Å²) in [4.78, 5) is -0.780. The van der Waals surface area contributed by atoms with Gasteiger partial charge in [0, 0.05) is 23.9 Å². The summed E-state index contributed by atoms with van der Waals surface area (Å²) in [5, 5.41) is 3.73. The third-order valence-electron chi connectivity index (χ3n) is 4.38. The van der Waals surface area contributed by atoms with Crippen LogP contribution >= 0.6 is 0 Å². The van der Waals surface area contributed by atoms with Crippen molar-refractivity contribution in [3.8, 4) is 5.69 Å². The molecule has 1 saturated carbocycles. The molecule has 0 radical (unpaired) electrons. The molecule has 2 aromatic rings. The molecule has 1 aromatic heterocycles. The smallest absolute Gasteiger partial charge is 0.234 e. The molecular formula is C16H16F4N2O2S. The van der Waals surface area contributed by atoms with Crippen molar-refractivity contribution in [3.63, 3.8) is 0 Å². The van der Waals surface area contributed by atoms with Gasteiger partial charge in [-0.25, -0.2) is 30.7 Å². The zero-order valence-corrected chi connectivity index (χ0v) is 14.2. The molecule has 9 heteroatoms. The van der Waals surface area contributed by atoms with Crippen molar-refractivity contribution in [1.29, 1.82) is 0 Å². The van der Waals surface area contributed by atoms with Crippen molar-refractivity contribution in [2.75, 3.05) is 6.26 Å². The van der Waals surface area contributed by atoms with Crippen LogP contribution in [0.15, 0.2) is 23.1 Å². The van der Waals surface area contributed by atoms with Crippen LogP contribution < -0.4 is 0 Å². The van der Waals surface area contributed by atoms with Crippen molar-refractivity contribution < 1.29 is 26.0 Å². The molecule has 0 bridgehead atoms. The van der Waals surface area contributed by atoms with Crippen LogP contribution in [0.25, 0.3) is 5.69 Å². The summed E-state index contributed by atoms with van der Waals surface area (Å²) < 4.78 is 78.6. The molecule has 4 nitrogen and oxygen atoms in total. The highest BCUT2D eigenvalue weighted by atomic mass is 32.2. The van der Waals surface area contributed by atoms with E-state index in [1.807, 2.05) is 0 Å². The predicted molar refractivity (Wildman–Crippen MR) is 82.8 cm³/mol. The molecule has 1 fully saturated rings. The molecule has 0 unspecified atom stereocenters. The van der Waals surface area contributed by atoms with Crippen LogP contribution in [-0.4, -0.2) is 24.5 Å². The Balaban J connectivity index is 2.17. The summed E-state index contributed by atoms with van der Waals surface area (Å²) in [6.45, 7) is 0. The molecule has 0 spiro atoms. The number of rotatable bonds is 4. The van der Waals surface area contributed by atoms with Gasteiger partial charge in [0.15, 0.2) is 9.84 Å². The second-order valence-electron chi connectivity index (χ2n) is 6.19. The minimum absolute atomic E-state index is 0.0722. The van der Waals surface area contributed by atoms with E-state index in [0.717, 1.165) is 36.6 Å². The van der Waals surface area contributed by atoms with Gasteiger partial charge in [0.25, 0.3) is 6.43 Å². The van der Waals surface area contributed by atoms with Crippen LogP contribution in [0.4, 0.5) is 17.6 Å². The van der Waals surface area contributed by atoms with Crippen LogP contribution in [0.5, 0.6) is 0 Å². The summed E-state index contributed by atoms with van der Waals surface area (Å²) in [5.74, 6) is -2.26. The lowest BCUT2D eigenvalue weighted by Crippen LogP contribution is -2.10. The van der Waals surface area contributed by atoms with Gasteiger partial charge < -0.3 is 0 Å². The zero-order chi connectivity index (χ0) is 18.4. The van der Waals surface area contributed by atoms with E-state index < -0.39 is 38.5 Å². The van der Waals surface area contributed by atoms with Crippen LogP contribution in [0.3, 0.4) is 0 Å². The Kier molecular flexibility index (Phi) is 4.61. The highest BCUT2D eigenvalue weighted by Crippen LogP contribution is 2.37. The highest BCUT2D eigenvalue weighted by Gasteiger charge is 2.27. The summed E-state index contributed by atoms with van der Waals surface area (Å²) in [7, 11) is -3.95. The van der Waals surface area contributed by atoms with E-state index >= 15 is 0 Å². The number of hydrogen-bond acceptors (Lipinski definition) is 3. The Morgan fingerprint density at radius 1 is 1.12 bits per heavy atom. The fourth-order valence-electron chi connectivity index (χ4n) is 3.19. The molecule has 25 heavy (non-hydrogen) atoms. The van der Waals surface area contributed by atoms with E-state index in [2.05, 4.69) is 5.10 Å². The lowest BCUT2D eigenvalue weighted by atomic mass is 10.0. The fourth-order valence-corrected chi connectivity index (χ4v) is 3.92. The number of halogens is 4. The Labute approximate surface area is 142 Å². The predicted octanol–water partition coefficient (Wildman–Crippen LogP) is 4.15. The number of hydrogen-bond donors (Lipinski definition) is 0. The Morgan fingerprint density at radius 2 is 1.76 bits per heavy atom. The summed E-state index contributed by atoms with van der Waals surface area (Å²) in [6.07, 6.45) is 1.26. The van der Waals surface area contributed by atoms with E-state index in [-0.39, 0.29) is 11.6 Å². The Hall–Kier alpha value is -1.90.